The minimum absolute atomic E-state index is 0.0233. The van der Waals surface area contributed by atoms with Gasteiger partial charge in [0.25, 0.3) is 0 Å². The number of carboxylic acid groups (broad SMARTS) is 1. The van der Waals surface area contributed by atoms with Gasteiger partial charge in [0.05, 0.1) is 18.6 Å². The molecule has 0 aliphatic heterocycles. The molecule has 76 heavy (non-hydrogen) atoms. The Labute approximate surface area is 442 Å². The molecular formula is C46H84N16O14. The van der Waals surface area contributed by atoms with Gasteiger partial charge in [-0.2, -0.15) is 0 Å². The lowest BCUT2D eigenvalue weighted by molar-refractivity contribution is -0.144. The summed E-state index contributed by atoms with van der Waals surface area (Å²) in [5.41, 5.74) is 32.7. The van der Waals surface area contributed by atoms with Gasteiger partial charge in [-0.3, -0.25) is 57.7 Å². The number of unbranched alkanes of at least 4 members (excludes halogenated alkanes) is 1. The zero-order valence-corrected chi connectivity index (χ0v) is 44.7. The second kappa shape index (κ2) is 35.1. The summed E-state index contributed by atoms with van der Waals surface area (Å²) in [7, 11) is 0. The molecule has 30 heteroatoms. The summed E-state index contributed by atoms with van der Waals surface area (Å²) in [6, 6.07) is -13.8. The van der Waals surface area contributed by atoms with E-state index in [2.05, 4.69) is 47.5 Å². The Hall–Kier alpha value is -7.21. The second-order valence-corrected chi connectivity index (χ2v) is 19.3. The molecule has 0 rings (SSSR count). The molecule has 0 radical (unpaired) electrons. The average molecular weight is 1090 g/mol. The third kappa shape index (κ3) is 27.9. The van der Waals surface area contributed by atoms with E-state index < -0.39 is 157 Å². The van der Waals surface area contributed by atoms with E-state index in [0.717, 1.165) is 13.8 Å². The van der Waals surface area contributed by atoms with Crippen LogP contribution >= 0.6 is 0 Å². The number of guanidine groups is 1. The molecule has 0 aromatic carbocycles. The third-order valence-electron chi connectivity index (χ3n) is 11.2. The highest BCUT2D eigenvalue weighted by atomic mass is 16.4. The van der Waals surface area contributed by atoms with Crippen LogP contribution < -0.4 is 82.3 Å². The van der Waals surface area contributed by atoms with Crippen molar-refractivity contribution in [2.75, 3.05) is 13.1 Å². The zero-order chi connectivity index (χ0) is 58.6. The number of nitrogens with two attached hydrogens (primary N) is 6. The Balaban J connectivity index is 6.15. The number of aliphatic hydroxyl groups excluding tert-OH is 1. The van der Waals surface area contributed by atoms with Crippen LogP contribution in [-0.2, 0) is 57.5 Å². The molecule has 30 nitrogen and oxygen atoms in total. The second-order valence-electron chi connectivity index (χ2n) is 19.3. The number of primary amides is 2. The van der Waals surface area contributed by atoms with Crippen molar-refractivity contribution in [3.63, 3.8) is 0 Å². The lowest BCUT2D eigenvalue weighted by atomic mass is 10.0. The Kier molecular flexibility index (Phi) is 31.8. The van der Waals surface area contributed by atoms with Crippen molar-refractivity contribution in [2.24, 2.45) is 51.2 Å². The molecule has 0 saturated heterocycles. The van der Waals surface area contributed by atoms with Gasteiger partial charge in [0.2, 0.25) is 65.0 Å². The topological polar surface area (TPSA) is 522 Å². The molecule has 0 aromatic rings. The van der Waals surface area contributed by atoms with Crippen LogP contribution in [-0.4, -0.2) is 167 Å². The van der Waals surface area contributed by atoms with Crippen molar-refractivity contribution >= 4 is 76.9 Å². The maximum Gasteiger partial charge on any atom is 0.326 e. The van der Waals surface area contributed by atoms with Gasteiger partial charge in [0.15, 0.2) is 5.96 Å². The van der Waals surface area contributed by atoms with E-state index >= 15 is 0 Å². The monoisotopic (exact) mass is 1080 g/mol. The van der Waals surface area contributed by atoms with Crippen LogP contribution in [0.25, 0.3) is 0 Å². The number of carboxylic acids is 1. The maximum absolute atomic E-state index is 13.9. The lowest BCUT2D eigenvalue weighted by Crippen LogP contribution is -2.60. The highest BCUT2D eigenvalue weighted by Gasteiger charge is 2.35. The summed E-state index contributed by atoms with van der Waals surface area (Å²) in [5, 5.41) is 41.4. The van der Waals surface area contributed by atoms with Gasteiger partial charge in [0, 0.05) is 13.0 Å². The number of nitrogens with one attached hydrogen (secondary N) is 9. The smallest absolute Gasteiger partial charge is 0.326 e. The normalized spacial score (nSPS) is 15.4. The first-order chi connectivity index (χ1) is 35.3. The van der Waals surface area contributed by atoms with Crippen LogP contribution in [0.5, 0.6) is 0 Å². The number of nitrogens with zero attached hydrogens (tertiary/aromatic N) is 1. The summed E-state index contributed by atoms with van der Waals surface area (Å²) in [6.07, 6.45) is -1.57. The largest absolute Gasteiger partial charge is 0.480 e. The van der Waals surface area contributed by atoms with Crippen molar-refractivity contribution in [3.05, 3.63) is 0 Å². The fourth-order valence-corrected chi connectivity index (χ4v) is 7.00. The van der Waals surface area contributed by atoms with E-state index in [1.54, 1.807) is 13.8 Å². The molecule has 0 saturated carbocycles. The number of aliphatic imine (C=N–C) groups is 1. The van der Waals surface area contributed by atoms with E-state index in [9.17, 15) is 67.7 Å². The summed E-state index contributed by atoms with van der Waals surface area (Å²) in [4.78, 5) is 159. The fraction of sp³-hybridized carbons (Fsp3) is 0.717. The Bertz CT molecular complexity index is 2040. The molecule has 0 bridgehead atoms. The van der Waals surface area contributed by atoms with Crippen molar-refractivity contribution in [2.45, 2.75) is 186 Å². The van der Waals surface area contributed by atoms with Crippen LogP contribution in [0.2, 0.25) is 0 Å². The SMILES string of the molecule is CC(C)C[C@H](NC(=O)[C@H](C)NC(=O)[C@H](CC(C)C)NC(=O)[C@@H](N)CCCN=C(N)N)C(=O)N[C@@H](CCCCN)C(=O)N[C@@H](C)C(=O)N[C@@H](CCC(N)=O)C(=O)N[C@@H](C)C(=O)N[C@H](C(=O)N[C@@H](CC(N)=O)C(=O)O)[C@@H](C)O. The van der Waals surface area contributed by atoms with Gasteiger partial charge in [-0.15, -0.1) is 0 Å². The van der Waals surface area contributed by atoms with Crippen LogP contribution in [0.3, 0.4) is 0 Å². The van der Waals surface area contributed by atoms with Crippen LogP contribution in [0.1, 0.15) is 120 Å². The summed E-state index contributed by atoms with van der Waals surface area (Å²) >= 11 is 0. The lowest BCUT2D eigenvalue weighted by Gasteiger charge is -2.27. The molecule has 23 N–H and O–H groups in total. The predicted molar refractivity (Wildman–Crippen MR) is 276 cm³/mol. The molecule has 0 unspecified atom stereocenters. The first-order valence-corrected chi connectivity index (χ1v) is 25.0. The molecule has 432 valence electrons. The number of amides is 11. The third-order valence-corrected chi connectivity index (χ3v) is 11.2. The van der Waals surface area contributed by atoms with Crippen molar-refractivity contribution in [3.8, 4) is 0 Å². The molecule has 0 fully saturated rings. The average Bonchev–Trinajstić information content (AvgIpc) is 3.30. The number of carbonyl (C=O) groups excluding carboxylic acids is 11. The van der Waals surface area contributed by atoms with Crippen molar-refractivity contribution in [1.29, 1.82) is 0 Å². The summed E-state index contributed by atoms with van der Waals surface area (Å²) < 4.78 is 0. The standard InChI is InChI=1S/C46H84N16O14/c1-21(2)18-30(60-39(69)27(48)12-11-17-53-46(51)52)42(72)56-24(6)37(67)59-31(19-22(3)4)43(73)58-28(13-9-10-16-47)40(70)54-23(5)36(66)57-29(14-15-33(49)64)41(71)55-25(7)38(68)62-35(26(8)63)44(74)61-32(45(75)76)20-34(50)65/h21-32,35,63H,9-20,47-48H2,1-8H3,(H2,49,64)(H2,50,65)(H,54,70)(H,55,71)(H,56,72)(H,57,66)(H,58,73)(H,59,67)(H,60,69)(H,61,74)(H,62,68)(H,75,76)(H4,51,52,53)/t23-,24-,25-,26+,27-,28-,29-,30-,31-,32-,35-/m0/s1. The van der Waals surface area contributed by atoms with Gasteiger partial charge in [0.1, 0.15) is 54.4 Å². The quantitative estimate of drug-likeness (QED) is 0.0156. The fourth-order valence-electron chi connectivity index (χ4n) is 7.00. The molecule has 0 aliphatic carbocycles. The van der Waals surface area contributed by atoms with E-state index in [4.69, 9.17) is 34.4 Å². The highest BCUT2D eigenvalue weighted by Crippen LogP contribution is 2.11. The van der Waals surface area contributed by atoms with Gasteiger partial charge in [-0.05, 0) is 97.4 Å². The maximum atomic E-state index is 13.9. The van der Waals surface area contributed by atoms with E-state index in [-0.39, 0.29) is 56.6 Å². The van der Waals surface area contributed by atoms with Gasteiger partial charge < -0.3 is 92.5 Å². The van der Waals surface area contributed by atoms with Crippen LogP contribution in [0.15, 0.2) is 4.99 Å². The van der Waals surface area contributed by atoms with E-state index in [1.807, 2.05) is 19.2 Å². The molecule has 0 aliphatic rings. The van der Waals surface area contributed by atoms with E-state index in [0.29, 0.717) is 19.3 Å². The zero-order valence-electron chi connectivity index (χ0n) is 44.7. The first kappa shape index (κ1) is 68.8. The number of aliphatic carboxylic acids is 1. The highest BCUT2D eigenvalue weighted by molar-refractivity contribution is 5.98. The minimum atomic E-state index is -1.80. The van der Waals surface area contributed by atoms with Gasteiger partial charge in [-0.1, -0.05) is 27.7 Å². The summed E-state index contributed by atoms with van der Waals surface area (Å²) in [5.74, 6) is -11.9. The molecule has 0 spiro atoms. The predicted octanol–water partition coefficient (Wildman–Crippen LogP) is -6.38. The number of rotatable bonds is 37. The molecule has 11 atom stereocenters. The van der Waals surface area contributed by atoms with Crippen LogP contribution in [0.4, 0.5) is 0 Å². The first-order valence-electron chi connectivity index (χ1n) is 25.0. The van der Waals surface area contributed by atoms with Crippen LogP contribution in [0, 0.1) is 11.8 Å². The number of hydrogen-bond acceptors (Lipinski definition) is 16. The Morgan fingerprint density at radius 2 is 0.868 bits per heavy atom. The van der Waals surface area contributed by atoms with Gasteiger partial charge in [-0.25, -0.2) is 4.79 Å². The summed E-state index contributed by atoms with van der Waals surface area (Å²) in [6.45, 7) is 12.6. The molecular weight excluding hydrogens is 1000 g/mol. The van der Waals surface area contributed by atoms with E-state index in [1.165, 1.54) is 13.8 Å². The number of carbonyl (C=O) groups is 12. The number of hydrogen-bond donors (Lipinski definition) is 17. The number of aliphatic hydroxyl groups is 1. The Morgan fingerprint density at radius 3 is 1.29 bits per heavy atom. The van der Waals surface area contributed by atoms with Crippen molar-refractivity contribution < 1.29 is 67.7 Å². The molecule has 0 heterocycles. The Morgan fingerprint density at radius 1 is 0.461 bits per heavy atom. The minimum Gasteiger partial charge on any atom is -0.480 e. The molecule has 11 amide bonds. The van der Waals surface area contributed by atoms with Gasteiger partial charge >= 0.3 is 5.97 Å². The van der Waals surface area contributed by atoms with Crippen molar-refractivity contribution in [1.82, 2.24) is 47.9 Å². The molecule has 0 aromatic heterocycles.